The molecule has 112 valence electrons. The second-order valence-electron chi connectivity index (χ2n) is 6.50. The Balaban J connectivity index is 1.78. The minimum atomic E-state index is -0.262. The lowest BCUT2D eigenvalue weighted by Crippen LogP contribution is -2.58. The molecule has 1 saturated heterocycles. The maximum atomic E-state index is 6.76. The summed E-state index contributed by atoms with van der Waals surface area (Å²) >= 11 is 0. The number of rotatable bonds is 2. The first-order chi connectivity index (χ1) is 9.69. The molecule has 0 bridgehead atoms. The maximum Gasteiger partial charge on any atom is 0.0594 e. The Labute approximate surface area is 121 Å². The smallest absolute Gasteiger partial charge is 0.0594 e. The van der Waals surface area contributed by atoms with Crippen molar-refractivity contribution in [3.63, 3.8) is 0 Å². The van der Waals surface area contributed by atoms with Gasteiger partial charge in [0.25, 0.3) is 0 Å². The number of allylic oxidation sites excluding steroid dienone is 2. The van der Waals surface area contributed by atoms with Gasteiger partial charge in [0.1, 0.15) is 0 Å². The van der Waals surface area contributed by atoms with Crippen LogP contribution in [0, 0.1) is 5.92 Å². The van der Waals surface area contributed by atoms with Gasteiger partial charge in [-0.1, -0.05) is 25.0 Å². The second kappa shape index (κ2) is 5.88. The van der Waals surface area contributed by atoms with Crippen molar-refractivity contribution in [3.8, 4) is 0 Å². The molecule has 2 aliphatic carbocycles. The fourth-order valence-corrected chi connectivity index (χ4v) is 4.16. The lowest BCUT2D eigenvalue weighted by molar-refractivity contribution is -0.0173. The van der Waals surface area contributed by atoms with Gasteiger partial charge in [-0.15, -0.1) is 0 Å². The third-order valence-corrected chi connectivity index (χ3v) is 5.16. The maximum absolute atomic E-state index is 6.76. The molecule has 1 heterocycles. The number of ether oxygens (including phenoxy) is 1. The van der Waals surface area contributed by atoms with Crippen LogP contribution in [-0.2, 0) is 4.74 Å². The minimum Gasteiger partial charge on any atom is -0.402 e. The molecule has 1 saturated carbocycles. The monoisotopic (exact) mass is 277 g/mol. The molecule has 0 aromatic heterocycles. The average Bonchev–Trinajstić information content (AvgIpc) is 2.48. The summed E-state index contributed by atoms with van der Waals surface area (Å²) in [6, 6.07) is 0.591. The van der Waals surface area contributed by atoms with Crippen molar-refractivity contribution in [3.05, 3.63) is 23.9 Å². The van der Waals surface area contributed by atoms with Gasteiger partial charge in [-0.25, -0.2) is 0 Å². The van der Waals surface area contributed by atoms with Gasteiger partial charge in [0.05, 0.1) is 13.2 Å². The first-order valence-electron chi connectivity index (χ1n) is 7.93. The van der Waals surface area contributed by atoms with E-state index in [0.717, 1.165) is 38.4 Å². The van der Waals surface area contributed by atoms with Crippen molar-refractivity contribution in [2.45, 2.75) is 43.7 Å². The summed E-state index contributed by atoms with van der Waals surface area (Å²) in [5, 5.41) is 0. The first kappa shape index (κ1) is 14.1. The molecule has 2 fully saturated rings. The minimum absolute atomic E-state index is 0.262. The Morgan fingerprint density at radius 2 is 1.95 bits per heavy atom. The van der Waals surface area contributed by atoms with E-state index in [1.807, 2.05) is 12.2 Å². The number of morpholine rings is 1. The van der Waals surface area contributed by atoms with Crippen LogP contribution in [0.25, 0.3) is 0 Å². The predicted molar refractivity (Wildman–Crippen MR) is 81.1 cm³/mol. The molecule has 0 aromatic rings. The molecule has 0 amide bonds. The summed E-state index contributed by atoms with van der Waals surface area (Å²) in [6.07, 6.45) is 12.1. The number of hydrogen-bond donors (Lipinski definition) is 2. The molecule has 3 aliphatic rings. The summed E-state index contributed by atoms with van der Waals surface area (Å²) in [4.78, 5) is 2.60. The van der Waals surface area contributed by atoms with E-state index in [0.29, 0.717) is 12.0 Å². The fraction of sp³-hybridized carbons (Fsp3) is 0.750. The van der Waals surface area contributed by atoms with Crippen molar-refractivity contribution < 1.29 is 4.74 Å². The molecule has 0 spiro atoms. The summed E-state index contributed by atoms with van der Waals surface area (Å²) in [7, 11) is 0. The number of nitrogens with two attached hydrogens (primary N) is 2. The Hall–Kier alpha value is -0.840. The fourth-order valence-electron chi connectivity index (χ4n) is 4.16. The zero-order valence-corrected chi connectivity index (χ0v) is 12.3. The summed E-state index contributed by atoms with van der Waals surface area (Å²) in [5.41, 5.74) is 13.4. The third kappa shape index (κ3) is 2.78. The average molecular weight is 277 g/mol. The van der Waals surface area contributed by atoms with Crippen molar-refractivity contribution in [1.82, 2.24) is 4.90 Å². The van der Waals surface area contributed by atoms with Crippen molar-refractivity contribution in [1.29, 1.82) is 0 Å². The largest absolute Gasteiger partial charge is 0.402 e. The highest BCUT2D eigenvalue weighted by Crippen LogP contribution is 2.39. The second-order valence-corrected chi connectivity index (χ2v) is 6.50. The third-order valence-electron chi connectivity index (χ3n) is 5.16. The Kier molecular flexibility index (Phi) is 4.15. The molecule has 4 nitrogen and oxygen atoms in total. The van der Waals surface area contributed by atoms with Crippen LogP contribution >= 0.6 is 0 Å². The van der Waals surface area contributed by atoms with Crippen LogP contribution in [0.15, 0.2) is 23.9 Å². The van der Waals surface area contributed by atoms with E-state index in [1.54, 1.807) is 0 Å². The van der Waals surface area contributed by atoms with E-state index < -0.39 is 0 Å². The van der Waals surface area contributed by atoms with Crippen LogP contribution in [0.4, 0.5) is 0 Å². The first-order valence-corrected chi connectivity index (χ1v) is 7.93. The van der Waals surface area contributed by atoms with E-state index in [9.17, 15) is 0 Å². The molecule has 0 radical (unpaired) electrons. The van der Waals surface area contributed by atoms with Crippen molar-refractivity contribution >= 4 is 0 Å². The summed E-state index contributed by atoms with van der Waals surface area (Å²) in [6.45, 7) is 3.82. The van der Waals surface area contributed by atoms with Gasteiger partial charge in [-0.05, 0) is 24.8 Å². The molecular weight excluding hydrogens is 250 g/mol. The molecule has 3 atom stereocenters. The normalized spacial score (nSPS) is 39.5. The molecule has 0 aromatic carbocycles. The molecule has 4 N–H and O–H groups in total. The van der Waals surface area contributed by atoms with Gasteiger partial charge < -0.3 is 16.2 Å². The quantitative estimate of drug-likeness (QED) is 0.800. The topological polar surface area (TPSA) is 64.5 Å². The summed E-state index contributed by atoms with van der Waals surface area (Å²) in [5.74, 6) is 0.512. The van der Waals surface area contributed by atoms with Crippen molar-refractivity contribution in [2.75, 3.05) is 26.3 Å². The Bertz CT molecular complexity index is 401. The number of hydrogen-bond acceptors (Lipinski definition) is 4. The van der Waals surface area contributed by atoms with Crippen LogP contribution in [0.5, 0.6) is 0 Å². The highest BCUT2D eigenvalue weighted by atomic mass is 16.5. The molecular formula is C16H27N3O. The number of nitrogens with zero attached hydrogens (tertiary/aromatic N) is 1. The van der Waals surface area contributed by atoms with Crippen LogP contribution in [0.2, 0.25) is 0 Å². The lowest BCUT2D eigenvalue weighted by Gasteiger charge is -2.48. The van der Waals surface area contributed by atoms with Gasteiger partial charge in [0.15, 0.2) is 0 Å². The van der Waals surface area contributed by atoms with E-state index in [1.165, 1.54) is 25.7 Å². The molecule has 3 rings (SSSR count). The SMILES string of the molecule is NC1=CC=CC(N)(C2CCCCC2N2CCOCC2)C1. The van der Waals surface area contributed by atoms with Crippen LogP contribution < -0.4 is 11.5 Å². The zero-order chi connectivity index (χ0) is 14.0. The van der Waals surface area contributed by atoms with Crippen LogP contribution in [0.3, 0.4) is 0 Å². The zero-order valence-electron chi connectivity index (χ0n) is 12.3. The van der Waals surface area contributed by atoms with Gasteiger partial charge >= 0.3 is 0 Å². The Morgan fingerprint density at radius 1 is 1.20 bits per heavy atom. The van der Waals surface area contributed by atoms with Crippen molar-refractivity contribution in [2.24, 2.45) is 17.4 Å². The van der Waals surface area contributed by atoms with Gasteiger partial charge in [-0.3, -0.25) is 4.90 Å². The standard InChI is InChI=1S/C16H27N3O/c17-13-4-3-7-16(18,12-13)14-5-1-2-6-15(14)19-8-10-20-11-9-19/h3-4,7,14-15H,1-2,5-6,8-12,17-18H2. The molecule has 3 unspecified atom stereocenters. The summed E-state index contributed by atoms with van der Waals surface area (Å²) < 4.78 is 5.50. The van der Waals surface area contributed by atoms with E-state index in [4.69, 9.17) is 16.2 Å². The van der Waals surface area contributed by atoms with Gasteiger partial charge in [0.2, 0.25) is 0 Å². The lowest BCUT2D eigenvalue weighted by atomic mass is 9.68. The highest BCUT2D eigenvalue weighted by molar-refractivity contribution is 5.27. The van der Waals surface area contributed by atoms with E-state index >= 15 is 0 Å². The predicted octanol–water partition coefficient (Wildman–Crippen LogP) is 1.38. The van der Waals surface area contributed by atoms with Gasteiger partial charge in [-0.2, -0.15) is 0 Å². The van der Waals surface area contributed by atoms with E-state index in [-0.39, 0.29) is 5.54 Å². The molecule has 20 heavy (non-hydrogen) atoms. The van der Waals surface area contributed by atoms with E-state index in [2.05, 4.69) is 11.0 Å². The highest BCUT2D eigenvalue weighted by Gasteiger charge is 2.42. The molecule has 1 aliphatic heterocycles. The molecule has 4 heteroatoms. The Morgan fingerprint density at radius 3 is 2.70 bits per heavy atom. The van der Waals surface area contributed by atoms with Crippen LogP contribution in [-0.4, -0.2) is 42.8 Å². The van der Waals surface area contributed by atoms with Gasteiger partial charge in [0, 0.05) is 36.8 Å². The van der Waals surface area contributed by atoms with Crippen LogP contribution in [0.1, 0.15) is 32.1 Å².